The monoisotopic (exact) mass is 434 g/mol. The highest BCUT2D eigenvalue weighted by Crippen LogP contribution is 2.74. The first kappa shape index (κ1) is 22.6. The van der Waals surface area contributed by atoms with E-state index in [0.717, 1.165) is 44.3 Å². The van der Waals surface area contributed by atoms with Crippen molar-refractivity contribution in [3.8, 4) is 0 Å². The third kappa shape index (κ3) is 2.63. The zero-order chi connectivity index (χ0) is 22.3. The molecule has 5 fully saturated rings. The van der Waals surface area contributed by atoms with Gasteiger partial charge in [-0.3, -0.25) is 0 Å². The second kappa shape index (κ2) is 7.17. The van der Waals surface area contributed by atoms with Gasteiger partial charge in [-0.2, -0.15) is 0 Å². The Balaban J connectivity index is 1.56. The van der Waals surface area contributed by atoms with Crippen molar-refractivity contribution in [1.82, 2.24) is 0 Å². The number of ether oxygens (including phenoxy) is 4. The molecule has 4 aliphatic carbocycles. The molecular formula is C27H46O4. The van der Waals surface area contributed by atoms with Crippen LogP contribution in [-0.2, 0) is 18.9 Å². The maximum Gasteiger partial charge on any atom is 0.168 e. The minimum atomic E-state index is -0.296. The summed E-state index contributed by atoms with van der Waals surface area (Å²) in [6.07, 6.45) is 9.51. The standard InChI is InChI=1S/C27H46O4/c1-8-26(29-7)12-11-21-20-10-9-19-17-27(30-15-16-31-27)14-13-23(19,3)22(20)25(5,28-6)18(2)24(21,26)4/h18-22H,8-17H2,1-7H3. The zero-order valence-electron chi connectivity index (χ0n) is 21.1. The number of hydrogen-bond donors (Lipinski definition) is 0. The van der Waals surface area contributed by atoms with Crippen LogP contribution in [0.1, 0.15) is 86.0 Å². The molecule has 0 N–H and O–H groups in total. The molecule has 31 heavy (non-hydrogen) atoms. The Morgan fingerprint density at radius 1 is 0.903 bits per heavy atom. The molecule has 9 atom stereocenters. The Kier molecular flexibility index (Phi) is 5.23. The maximum atomic E-state index is 6.63. The topological polar surface area (TPSA) is 36.9 Å². The molecule has 1 heterocycles. The van der Waals surface area contributed by atoms with Gasteiger partial charge in [-0.1, -0.05) is 27.7 Å². The van der Waals surface area contributed by atoms with Crippen molar-refractivity contribution in [3.05, 3.63) is 0 Å². The number of methoxy groups -OCH3 is 2. The molecule has 0 aromatic rings. The van der Waals surface area contributed by atoms with Crippen LogP contribution < -0.4 is 0 Å². The first-order chi connectivity index (χ1) is 14.7. The minimum Gasteiger partial charge on any atom is -0.378 e. The number of fused-ring (bicyclic) bond motifs is 5. The van der Waals surface area contributed by atoms with Crippen molar-refractivity contribution in [1.29, 1.82) is 0 Å². The van der Waals surface area contributed by atoms with E-state index in [9.17, 15) is 0 Å². The molecule has 0 radical (unpaired) electrons. The summed E-state index contributed by atoms with van der Waals surface area (Å²) in [5, 5.41) is 0. The van der Waals surface area contributed by atoms with E-state index >= 15 is 0 Å². The second-order valence-corrected chi connectivity index (χ2v) is 12.3. The van der Waals surface area contributed by atoms with E-state index in [2.05, 4.69) is 34.6 Å². The lowest BCUT2D eigenvalue weighted by molar-refractivity contribution is -0.294. The SMILES string of the molecule is CCC1(OC)CCC2C3CCC4CC5(CCC4(C)C3C(C)(OC)C(C)C21C)OCCO5. The van der Waals surface area contributed by atoms with E-state index in [1.54, 1.807) is 0 Å². The molecule has 1 saturated heterocycles. The van der Waals surface area contributed by atoms with Crippen LogP contribution in [0.15, 0.2) is 0 Å². The Bertz CT molecular complexity index is 697. The Morgan fingerprint density at radius 2 is 1.61 bits per heavy atom. The number of hydrogen-bond acceptors (Lipinski definition) is 4. The molecule has 4 heteroatoms. The summed E-state index contributed by atoms with van der Waals surface area (Å²) in [7, 11) is 3.94. The molecular weight excluding hydrogens is 388 g/mol. The van der Waals surface area contributed by atoms with Gasteiger partial charge in [-0.05, 0) is 80.5 Å². The van der Waals surface area contributed by atoms with Gasteiger partial charge in [0, 0.05) is 32.5 Å². The van der Waals surface area contributed by atoms with Gasteiger partial charge < -0.3 is 18.9 Å². The molecule has 5 rings (SSSR count). The lowest BCUT2D eigenvalue weighted by Crippen LogP contribution is -2.70. The molecule has 4 nitrogen and oxygen atoms in total. The molecule has 0 amide bonds. The lowest BCUT2D eigenvalue weighted by atomic mass is 9.38. The largest absolute Gasteiger partial charge is 0.378 e. The summed E-state index contributed by atoms with van der Waals surface area (Å²) in [6, 6.07) is 0. The summed E-state index contributed by atoms with van der Waals surface area (Å²) in [5.41, 5.74) is 0.268. The fraction of sp³-hybridized carbons (Fsp3) is 1.00. The Labute approximate surface area is 190 Å². The van der Waals surface area contributed by atoms with Gasteiger partial charge in [0.1, 0.15) is 0 Å². The van der Waals surface area contributed by atoms with Gasteiger partial charge in [0.2, 0.25) is 0 Å². The normalized spacial score (nSPS) is 55.6. The van der Waals surface area contributed by atoms with Gasteiger partial charge in [0.05, 0.1) is 24.4 Å². The van der Waals surface area contributed by atoms with Crippen LogP contribution in [0.3, 0.4) is 0 Å². The highest BCUT2D eigenvalue weighted by Gasteiger charge is 2.73. The van der Waals surface area contributed by atoms with Crippen LogP contribution >= 0.6 is 0 Å². The fourth-order valence-electron chi connectivity index (χ4n) is 10.4. The fourth-order valence-corrected chi connectivity index (χ4v) is 10.4. The molecule has 178 valence electrons. The van der Waals surface area contributed by atoms with Crippen molar-refractivity contribution in [2.24, 2.45) is 40.4 Å². The lowest BCUT2D eigenvalue weighted by Gasteiger charge is -2.70. The molecule has 4 saturated carbocycles. The third-order valence-electron chi connectivity index (χ3n) is 12.2. The zero-order valence-corrected chi connectivity index (χ0v) is 21.1. The second-order valence-electron chi connectivity index (χ2n) is 12.3. The summed E-state index contributed by atoms with van der Waals surface area (Å²) in [4.78, 5) is 0. The van der Waals surface area contributed by atoms with Crippen molar-refractivity contribution in [3.63, 3.8) is 0 Å². The predicted molar refractivity (Wildman–Crippen MR) is 122 cm³/mol. The van der Waals surface area contributed by atoms with Gasteiger partial charge in [0.25, 0.3) is 0 Å². The van der Waals surface area contributed by atoms with Crippen LogP contribution in [0.25, 0.3) is 0 Å². The van der Waals surface area contributed by atoms with Crippen LogP contribution in [0, 0.1) is 40.4 Å². The first-order valence-corrected chi connectivity index (χ1v) is 13.0. The molecule has 9 unspecified atom stereocenters. The van der Waals surface area contributed by atoms with Crippen LogP contribution in [0.5, 0.6) is 0 Å². The van der Waals surface area contributed by atoms with E-state index in [1.165, 1.54) is 32.1 Å². The van der Waals surface area contributed by atoms with Gasteiger partial charge in [-0.15, -0.1) is 0 Å². The van der Waals surface area contributed by atoms with Crippen LogP contribution in [0.2, 0.25) is 0 Å². The average molecular weight is 435 g/mol. The highest BCUT2D eigenvalue weighted by atomic mass is 16.7. The Hall–Kier alpha value is -0.160. The molecule has 0 aromatic heterocycles. The maximum absolute atomic E-state index is 6.63. The van der Waals surface area contributed by atoms with Crippen molar-refractivity contribution in [2.45, 2.75) is 103 Å². The van der Waals surface area contributed by atoms with Crippen molar-refractivity contribution >= 4 is 0 Å². The highest BCUT2D eigenvalue weighted by molar-refractivity contribution is 5.22. The predicted octanol–water partition coefficient (Wildman–Crippen LogP) is 5.83. The summed E-state index contributed by atoms with van der Waals surface area (Å²) >= 11 is 0. The van der Waals surface area contributed by atoms with Gasteiger partial charge in [-0.25, -0.2) is 0 Å². The van der Waals surface area contributed by atoms with E-state index < -0.39 is 0 Å². The first-order valence-electron chi connectivity index (χ1n) is 13.0. The molecule has 0 aromatic carbocycles. The van der Waals surface area contributed by atoms with Crippen molar-refractivity contribution < 1.29 is 18.9 Å². The Morgan fingerprint density at radius 3 is 2.23 bits per heavy atom. The van der Waals surface area contributed by atoms with Crippen LogP contribution in [0.4, 0.5) is 0 Å². The quantitative estimate of drug-likeness (QED) is 0.560. The molecule has 5 aliphatic rings. The van der Waals surface area contributed by atoms with E-state index in [1.807, 2.05) is 14.2 Å². The van der Waals surface area contributed by atoms with E-state index in [4.69, 9.17) is 18.9 Å². The summed E-state index contributed by atoms with van der Waals surface area (Å²) < 4.78 is 25.4. The summed E-state index contributed by atoms with van der Waals surface area (Å²) in [5.74, 6) is 2.84. The molecule has 0 bridgehead atoms. The van der Waals surface area contributed by atoms with Crippen molar-refractivity contribution in [2.75, 3.05) is 27.4 Å². The molecule has 1 spiro atoms. The van der Waals surface area contributed by atoms with E-state index in [-0.39, 0.29) is 27.8 Å². The number of rotatable bonds is 3. The summed E-state index contributed by atoms with van der Waals surface area (Å²) in [6.45, 7) is 14.0. The van der Waals surface area contributed by atoms with Gasteiger partial charge >= 0.3 is 0 Å². The van der Waals surface area contributed by atoms with E-state index in [0.29, 0.717) is 17.8 Å². The smallest absolute Gasteiger partial charge is 0.168 e. The molecule has 1 aliphatic heterocycles. The third-order valence-corrected chi connectivity index (χ3v) is 12.2. The van der Waals surface area contributed by atoms with Crippen LogP contribution in [-0.4, -0.2) is 44.4 Å². The average Bonchev–Trinajstić information content (AvgIpc) is 3.35. The van der Waals surface area contributed by atoms with Gasteiger partial charge in [0.15, 0.2) is 5.79 Å². The minimum absolute atomic E-state index is 0.0260.